The van der Waals surface area contributed by atoms with E-state index in [0.717, 1.165) is 24.5 Å². The molecule has 18 heavy (non-hydrogen) atoms. The molecule has 1 atom stereocenters. The minimum atomic E-state index is 0.104. The Kier molecular flexibility index (Phi) is 2.92. The molecule has 1 aromatic carbocycles. The Hall–Kier alpha value is -1.97. The van der Waals surface area contributed by atoms with Crippen LogP contribution in [-0.4, -0.2) is 22.5 Å². The van der Waals surface area contributed by atoms with Gasteiger partial charge in [0, 0.05) is 13.0 Å². The van der Waals surface area contributed by atoms with Gasteiger partial charge in [0.05, 0.1) is 12.4 Å². The number of hydrogen-bond donors (Lipinski definition) is 0. The number of aromatic nitrogens is 2. The number of rotatable bonds is 4. The van der Waals surface area contributed by atoms with Gasteiger partial charge >= 0.3 is 0 Å². The number of para-hydroxylation sites is 1. The largest absolute Gasteiger partial charge is 0.486 e. The van der Waals surface area contributed by atoms with Crippen LogP contribution in [0.4, 0.5) is 0 Å². The molecule has 2 heterocycles. The van der Waals surface area contributed by atoms with Gasteiger partial charge in [0.25, 0.3) is 0 Å². The van der Waals surface area contributed by atoms with Crippen molar-refractivity contribution in [2.45, 2.75) is 26.0 Å². The monoisotopic (exact) mass is 244 g/mol. The van der Waals surface area contributed by atoms with Gasteiger partial charge in [-0.15, -0.1) is 0 Å². The van der Waals surface area contributed by atoms with Crippen molar-refractivity contribution < 1.29 is 9.47 Å². The second-order valence-electron chi connectivity index (χ2n) is 4.39. The third-order valence-corrected chi connectivity index (χ3v) is 3.08. The third-order valence-electron chi connectivity index (χ3n) is 3.08. The molecule has 0 fully saturated rings. The summed E-state index contributed by atoms with van der Waals surface area (Å²) in [6.07, 6.45) is 4.67. The molecule has 0 spiro atoms. The molecule has 1 unspecified atom stereocenters. The van der Waals surface area contributed by atoms with Gasteiger partial charge in [0.1, 0.15) is 18.5 Å². The van der Waals surface area contributed by atoms with Crippen molar-refractivity contribution in [2.75, 3.05) is 6.61 Å². The molecule has 0 radical (unpaired) electrons. The molecule has 4 heteroatoms. The number of benzene rings is 1. The standard InChI is InChI=1S/C14H16N2O2/c1-2-16-9-13(8-15-16)17-10-12-7-11-5-3-4-6-14(11)18-12/h3-6,8-9,12H,2,7,10H2,1H3. The van der Waals surface area contributed by atoms with Crippen molar-refractivity contribution in [3.05, 3.63) is 42.2 Å². The molecule has 0 N–H and O–H groups in total. The first-order valence-electron chi connectivity index (χ1n) is 6.25. The Morgan fingerprint density at radius 1 is 1.44 bits per heavy atom. The average molecular weight is 244 g/mol. The number of ether oxygens (including phenoxy) is 2. The lowest BCUT2D eigenvalue weighted by atomic mass is 10.1. The van der Waals surface area contributed by atoms with E-state index in [4.69, 9.17) is 9.47 Å². The summed E-state index contributed by atoms with van der Waals surface area (Å²) in [5.74, 6) is 1.78. The van der Waals surface area contributed by atoms with Crippen LogP contribution in [0.25, 0.3) is 0 Å². The highest BCUT2D eigenvalue weighted by Gasteiger charge is 2.22. The van der Waals surface area contributed by atoms with Crippen LogP contribution in [0.1, 0.15) is 12.5 Å². The lowest BCUT2D eigenvalue weighted by Gasteiger charge is -2.10. The molecule has 2 aromatic rings. The first kappa shape index (κ1) is 11.1. The summed E-state index contributed by atoms with van der Waals surface area (Å²) in [7, 11) is 0. The molecule has 0 aliphatic carbocycles. The third kappa shape index (κ3) is 2.18. The van der Waals surface area contributed by atoms with E-state index in [2.05, 4.69) is 11.2 Å². The molecule has 0 bridgehead atoms. The lowest BCUT2D eigenvalue weighted by molar-refractivity contribution is 0.148. The molecule has 1 aromatic heterocycles. The Balaban J connectivity index is 1.57. The SMILES string of the molecule is CCn1cc(OCC2Cc3ccccc3O2)cn1. The van der Waals surface area contributed by atoms with Crippen LogP contribution in [0.2, 0.25) is 0 Å². The van der Waals surface area contributed by atoms with Gasteiger partial charge in [0.2, 0.25) is 0 Å². The van der Waals surface area contributed by atoms with Gasteiger partial charge in [-0.25, -0.2) is 0 Å². The van der Waals surface area contributed by atoms with Gasteiger partial charge in [-0.1, -0.05) is 18.2 Å². The van der Waals surface area contributed by atoms with E-state index < -0.39 is 0 Å². The predicted octanol–water partition coefficient (Wildman–Crippen LogP) is 2.29. The van der Waals surface area contributed by atoms with Crippen molar-refractivity contribution in [3.8, 4) is 11.5 Å². The highest BCUT2D eigenvalue weighted by Crippen LogP contribution is 2.28. The summed E-state index contributed by atoms with van der Waals surface area (Å²) in [5.41, 5.74) is 1.26. The first-order valence-corrected chi connectivity index (χ1v) is 6.25. The van der Waals surface area contributed by atoms with Crippen LogP contribution in [0.3, 0.4) is 0 Å². The van der Waals surface area contributed by atoms with Crippen LogP contribution in [0.15, 0.2) is 36.7 Å². The zero-order valence-corrected chi connectivity index (χ0v) is 10.4. The fourth-order valence-corrected chi connectivity index (χ4v) is 2.13. The minimum Gasteiger partial charge on any atom is -0.486 e. The average Bonchev–Trinajstić information content (AvgIpc) is 3.02. The van der Waals surface area contributed by atoms with Crippen molar-refractivity contribution >= 4 is 0 Å². The van der Waals surface area contributed by atoms with Crippen molar-refractivity contribution in [3.63, 3.8) is 0 Å². The Bertz CT molecular complexity index is 511. The number of nitrogens with zero attached hydrogens (tertiary/aromatic N) is 2. The van der Waals surface area contributed by atoms with Gasteiger partial charge in [-0.3, -0.25) is 4.68 Å². The summed E-state index contributed by atoms with van der Waals surface area (Å²) in [4.78, 5) is 0. The molecule has 3 rings (SSSR count). The summed E-state index contributed by atoms with van der Waals surface area (Å²) < 4.78 is 13.4. The summed E-state index contributed by atoms with van der Waals surface area (Å²) in [6.45, 7) is 3.46. The smallest absolute Gasteiger partial charge is 0.157 e. The molecule has 4 nitrogen and oxygen atoms in total. The highest BCUT2D eigenvalue weighted by atomic mass is 16.5. The molecule has 0 amide bonds. The molecule has 94 valence electrons. The van der Waals surface area contributed by atoms with E-state index in [1.807, 2.05) is 36.0 Å². The van der Waals surface area contributed by atoms with Gasteiger partial charge in [-0.2, -0.15) is 5.10 Å². The Morgan fingerprint density at radius 3 is 3.11 bits per heavy atom. The maximum atomic E-state index is 5.81. The van der Waals surface area contributed by atoms with Crippen molar-refractivity contribution in [1.29, 1.82) is 0 Å². The maximum Gasteiger partial charge on any atom is 0.157 e. The van der Waals surface area contributed by atoms with Crippen LogP contribution in [0, 0.1) is 0 Å². The Morgan fingerprint density at radius 2 is 2.33 bits per heavy atom. The topological polar surface area (TPSA) is 36.3 Å². The van der Waals surface area contributed by atoms with Crippen molar-refractivity contribution in [1.82, 2.24) is 9.78 Å². The molecular weight excluding hydrogens is 228 g/mol. The summed E-state index contributed by atoms with van der Waals surface area (Å²) in [5, 5.41) is 4.17. The highest BCUT2D eigenvalue weighted by molar-refractivity contribution is 5.37. The maximum absolute atomic E-state index is 5.81. The van der Waals surface area contributed by atoms with Gasteiger partial charge < -0.3 is 9.47 Å². The van der Waals surface area contributed by atoms with Gasteiger partial charge in [-0.05, 0) is 18.6 Å². The van der Waals surface area contributed by atoms with E-state index >= 15 is 0 Å². The summed E-state index contributed by atoms with van der Waals surface area (Å²) >= 11 is 0. The Labute approximate surface area is 106 Å². The second-order valence-corrected chi connectivity index (χ2v) is 4.39. The molecule has 0 saturated heterocycles. The quantitative estimate of drug-likeness (QED) is 0.828. The minimum absolute atomic E-state index is 0.104. The van der Waals surface area contributed by atoms with Crippen LogP contribution in [0.5, 0.6) is 11.5 Å². The fourth-order valence-electron chi connectivity index (χ4n) is 2.13. The first-order chi connectivity index (χ1) is 8.85. The normalized spacial score (nSPS) is 17.3. The predicted molar refractivity (Wildman–Crippen MR) is 68.0 cm³/mol. The summed E-state index contributed by atoms with van der Waals surface area (Å²) in [6, 6.07) is 8.14. The van der Waals surface area contributed by atoms with Crippen LogP contribution < -0.4 is 9.47 Å². The zero-order chi connectivity index (χ0) is 12.4. The van der Waals surface area contributed by atoms with E-state index in [1.54, 1.807) is 6.20 Å². The molecular formula is C14H16N2O2. The zero-order valence-electron chi connectivity index (χ0n) is 10.4. The number of aryl methyl sites for hydroxylation is 1. The van der Waals surface area contributed by atoms with Crippen LogP contribution >= 0.6 is 0 Å². The van der Waals surface area contributed by atoms with E-state index in [1.165, 1.54) is 5.56 Å². The van der Waals surface area contributed by atoms with E-state index in [-0.39, 0.29) is 6.10 Å². The molecule has 1 aliphatic heterocycles. The second kappa shape index (κ2) is 4.72. The van der Waals surface area contributed by atoms with E-state index in [9.17, 15) is 0 Å². The van der Waals surface area contributed by atoms with Gasteiger partial charge in [0.15, 0.2) is 5.75 Å². The van der Waals surface area contributed by atoms with Crippen LogP contribution in [-0.2, 0) is 13.0 Å². The lowest BCUT2D eigenvalue weighted by Crippen LogP contribution is -2.22. The fraction of sp³-hybridized carbons (Fsp3) is 0.357. The molecule has 0 saturated carbocycles. The number of hydrogen-bond acceptors (Lipinski definition) is 3. The van der Waals surface area contributed by atoms with E-state index in [0.29, 0.717) is 6.61 Å². The van der Waals surface area contributed by atoms with Crippen molar-refractivity contribution in [2.24, 2.45) is 0 Å². The number of fused-ring (bicyclic) bond motifs is 1. The molecule has 1 aliphatic rings.